The zero-order valence-corrected chi connectivity index (χ0v) is 32.8. The maximum Gasteiger partial charge on any atom is 0.282 e. The molecule has 1 amide bonds. The summed E-state index contributed by atoms with van der Waals surface area (Å²) < 4.78 is 72.9. The number of anilines is 1. The van der Waals surface area contributed by atoms with Crippen molar-refractivity contribution in [1.29, 1.82) is 0 Å². The number of alkyl halides is 2. The molecule has 4 aromatic carbocycles. The van der Waals surface area contributed by atoms with E-state index in [0.29, 0.717) is 33.3 Å². The van der Waals surface area contributed by atoms with Gasteiger partial charge < -0.3 is 29.2 Å². The molecule has 1 aliphatic heterocycles. The third-order valence-electron chi connectivity index (χ3n) is 7.83. The molecule has 0 unspecified atom stereocenters. The van der Waals surface area contributed by atoms with Gasteiger partial charge in [-0.2, -0.15) is 19.5 Å². The van der Waals surface area contributed by atoms with E-state index in [4.69, 9.17) is 58.7 Å². The van der Waals surface area contributed by atoms with Gasteiger partial charge in [0.1, 0.15) is 43.1 Å². The van der Waals surface area contributed by atoms with Crippen LogP contribution in [0.25, 0.3) is 11.1 Å². The van der Waals surface area contributed by atoms with E-state index in [1.165, 1.54) is 44.6 Å². The van der Waals surface area contributed by atoms with Gasteiger partial charge in [0.05, 0.1) is 26.2 Å². The van der Waals surface area contributed by atoms with Crippen molar-refractivity contribution in [2.45, 2.75) is 6.43 Å². The van der Waals surface area contributed by atoms with Crippen LogP contribution in [0.5, 0.6) is 23.3 Å². The quantitative estimate of drug-likeness (QED) is 0.0764. The second-order valence-corrected chi connectivity index (χ2v) is 13.0. The van der Waals surface area contributed by atoms with Gasteiger partial charge in [0.2, 0.25) is 5.82 Å². The smallest absolute Gasteiger partial charge is 0.282 e. The summed E-state index contributed by atoms with van der Waals surface area (Å²) in [5.41, 5.74) is 0.757. The number of nitrogens with one attached hydrogen (secondary N) is 1. The lowest BCUT2D eigenvalue weighted by molar-refractivity contribution is 0.0672. The molecule has 13 nitrogen and oxygen atoms in total. The normalized spacial score (nSPS) is 12.4. The summed E-state index contributed by atoms with van der Waals surface area (Å²) >= 11 is 18.0. The van der Waals surface area contributed by atoms with Crippen LogP contribution in [0.3, 0.4) is 0 Å². The minimum absolute atomic E-state index is 0.0973. The summed E-state index contributed by atoms with van der Waals surface area (Å²) in [7, 11) is 2.80. The molecular formula is C39H28Cl3F4N7O6. The minimum Gasteiger partial charge on any atom is -0.470 e. The Labute approximate surface area is 347 Å². The van der Waals surface area contributed by atoms with Crippen LogP contribution in [0.4, 0.5) is 23.2 Å². The van der Waals surface area contributed by atoms with Crippen molar-refractivity contribution >= 4 is 58.0 Å². The van der Waals surface area contributed by atoms with Crippen molar-refractivity contribution in [2.24, 2.45) is 17.4 Å². The lowest BCUT2D eigenvalue weighted by Gasteiger charge is -2.17. The number of benzene rings is 4. The molecule has 0 radical (unpaired) electrons. The number of nitrogens with zero attached hydrogens (tertiary/aromatic N) is 6. The van der Waals surface area contributed by atoms with Crippen LogP contribution in [0.2, 0.25) is 15.1 Å². The number of para-hydroxylation sites is 2. The molecule has 7 rings (SSSR count). The first-order valence-corrected chi connectivity index (χ1v) is 18.1. The van der Waals surface area contributed by atoms with Crippen LogP contribution in [0, 0.1) is 11.6 Å². The van der Waals surface area contributed by atoms with Crippen molar-refractivity contribution < 1.29 is 46.2 Å². The predicted octanol–water partition coefficient (Wildman–Crippen LogP) is 10.3. The molecule has 0 saturated carbocycles. The molecule has 0 bridgehead atoms. The number of carbonyl (C=O) groups is 1. The van der Waals surface area contributed by atoms with Crippen molar-refractivity contribution in [1.82, 2.24) is 19.7 Å². The summed E-state index contributed by atoms with van der Waals surface area (Å²) in [6.45, 7) is 0.593. The maximum atomic E-state index is 15.1. The number of oxime groups is 2. The Morgan fingerprint density at radius 2 is 1.58 bits per heavy atom. The van der Waals surface area contributed by atoms with Crippen LogP contribution < -0.4 is 14.8 Å². The lowest BCUT2D eigenvalue weighted by atomic mass is 10.0. The molecule has 1 aliphatic rings. The number of rotatable bonds is 11. The molecular weight excluding hydrogens is 845 g/mol. The SMILES string of the molecule is CO/N=C(/C1=NOCCO1)c1ccccc1Oc1ncnc(Oc2ccccc2Cl)c1F.Cn1cc(C(=O)Nc2ccc(F)cc2-c2ccc(Cl)c(Cl)c2)c(C(F)F)n1. The number of hydrogen-bond donors (Lipinski definition) is 1. The largest absolute Gasteiger partial charge is 0.470 e. The highest BCUT2D eigenvalue weighted by Crippen LogP contribution is 2.36. The standard InChI is InChI=1S/C21H16ClFN4O5.C18H12Cl2F3N3O/c1-28-26-18(21-27-30-11-10-29-21)13-6-2-4-8-15(13)31-19-17(23)20(25-12-24-19)32-16-9-5-3-7-14(16)22;1-26-8-12(16(25-26)17(22)23)18(27)24-15-5-3-10(21)7-11(15)9-2-4-13(19)14(20)6-9/h2-9,12H,10-11H2,1H3;2-8,17H,1H3,(H,24,27)/b26-18+;. The average Bonchev–Trinajstić information content (AvgIpc) is 3.64. The molecule has 59 heavy (non-hydrogen) atoms. The van der Waals surface area contributed by atoms with Crippen LogP contribution in [0.15, 0.2) is 108 Å². The van der Waals surface area contributed by atoms with Crippen molar-refractivity contribution in [3.8, 4) is 34.4 Å². The fraction of sp³-hybridized carbons (Fsp3) is 0.128. The maximum absolute atomic E-state index is 15.1. The number of aromatic nitrogens is 4. The second kappa shape index (κ2) is 19.3. The molecule has 0 spiro atoms. The van der Waals surface area contributed by atoms with Crippen LogP contribution in [-0.2, 0) is 21.5 Å². The van der Waals surface area contributed by atoms with Crippen molar-refractivity contribution in [3.63, 3.8) is 0 Å². The second-order valence-electron chi connectivity index (χ2n) is 11.8. The zero-order chi connectivity index (χ0) is 42.1. The van der Waals surface area contributed by atoms with Gasteiger partial charge in [0, 0.05) is 24.5 Å². The lowest BCUT2D eigenvalue weighted by Crippen LogP contribution is -2.25. The third kappa shape index (κ3) is 10.4. The molecule has 0 saturated heterocycles. The van der Waals surface area contributed by atoms with Crippen LogP contribution in [-0.4, -0.2) is 57.6 Å². The van der Waals surface area contributed by atoms with Crippen molar-refractivity contribution in [2.75, 3.05) is 25.6 Å². The van der Waals surface area contributed by atoms with Gasteiger partial charge in [-0.1, -0.05) is 70.3 Å². The molecule has 6 aromatic rings. The summed E-state index contributed by atoms with van der Waals surface area (Å²) in [5, 5.41) is 14.8. The molecule has 0 atom stereocenters. The van der Waals surface area contributed by atoms with Gasteiger partial charge in [0.25, 0.3) is 30.0 Å². The fourth-order valence-corrected chi connectivity index (χ4v) is 5.71. The summed E-state index contributed by atoms with van der Waals surface area (Å²) in [6.07, 6.45) is -0.603. The Bertz CT molecular complexity index is 2540. The Kier molecular flexibility index (Phi) is 13.8. The van der Waals surface area contributed by atoms with Crippen LogP contribution in [0.1, 0.15) is 28.0 Å². The predicted molar refractivity (Wildman–Crippen MR) is 211 cm³/mol. The number of hydrogen-bond acceptors (Lipinski definition) is 11. The summed E-state index contributed by atoms with van der Waals surface area (Å²) in [5.74, 6) is -2.41. The number of ether oxygens (including phenoxy) is 3. The number of aryl methyl sites for hydroxylation is 1. The van der Waals surface area contributed by atoms with Gasteiger partial charge in [-0.3, -0.25) is 9.48 Å². The van der Waals surface area contributed by atoms with E-state index in [0.717, 1.165) is 17.1 Å². The Balaban J connectivity index is 0.000000201. The fourth-order valence-electron chi connectivity index (χ4n) is 5.24. The van der Waals surface area contributed by atoms with E-state index in [1.54, 1.807) is 54.6 Å². The monoisotopic (exact) mass is 871 g/mol. The number of amides is 1. The summed E-state index contributed by atoms with van der Waals surface area (Å²) in [4.78, 5) is 30.2. The van der Waals surface area contributed by atoms with E-state index >= 15 is 4.39 Å². The van der Waals surface area contributed by atoms with Gasteiger partial charge in [-0.25, -0.2) is 13.2 Å². The highest BCUT2D eigenvalue weighted by Gasteiger charge is 2.26. The highest BCUT2D eigenvalue weighted by atomic mass is 35.5. The minimum atomic E-state index is -2.91. The molecule has 20 heteroatoms. The summed E-state index contributed by atoms with van der Waals surface area (Å²) in [6, 6.07) is 21.7. The van der Waals surface area contributed by atoms with E-state index in [1.807, 2.05) is 0 Å². The van der Waals surface area contributed by atoms with Gasteiger partial charge >= 0.3 is 0 Å². The average molecular weight is 873 g/mol. The first-order chi connectivity index (χ1) is 28.4. The van der Waals surface area contributed by atoms with E-state index in [9.17, 15) is 18.0 Å². The van der Waals surface area contributed by atoms with Gasteiger partial charge in [-0.15, -0.1) is 0 Å². The Morgan fingerprint density at radius 1 is 0.864 bits per heavy atom. The zero-order valence-electron chi connectivity index (χ0n) is 30.5. The Morgan fingerprint density at radius 3 is 2.25 bits per heavy atom. The van der Waals surface area contributed by atoms with Gasteiger partial charge in [0.15, 0.2) is 12.3 Å². The number of carbonyl (C=O) groups excluding carboxylic acids is 1. The first kappa shape index (κ1) is 42.2. The van der Waals surface area contributed by atoms with E-state index < -0.39 is 29.7 Å². The molecule has 2 aromatic heterocycles. The number of halogens is 7. The first-order valence-electron chi connectivity index (χ1n) is 17.0. The van der Waals surface area contributed by atoms with Gasteiger partial charge in [-0.05, 0) is 65.3 Å². The third-order valence-corrected chi connectivity index (χ3v) is 8.88. The molecule has 0 aliphatic carbocycles. The molecule has 3 heterocycles. The molecule has 304 valence electrons. The molecule has 1 N–H and O–H groups in total. The van der Waals surface area contributed by atoms with E-state index in [2.05, 4.69) is 30.7 Å². The highest BCUT2D eigenvalue weighted by molar-refractivity contribution is 6.46. The molecule has 0 fully saturated rings. The van der Waals surface area contributed by atoms with Crippen molar-refractivity contribution in [3.05, 3.63) is 141 Å². The van der Waals surface area contributed by atoms with E-state index in [-0.39, 0.29) is 57.7 Å². The van der Waals surface area contributed by atoms with Crippen LogP contribution >= 0.6 is 34.8 Å². The Hall–Kier alpha value is -6.43. The topological polar surface area (TPSA) is 144 Å².